The molecule has 0 aromatic heterocycles. The van der Waals surface area contributed by atoms with Crippen molar-refractivity contribution in [3.05, 3.63) is 102 Å². The predicted octanol–water partition coefficient (Wildman–Crippen LogP) is 4.24. The van der Waals surface area contributed by atoms with Crippen LogP contribution in [0.5, 0.6) is 0 Å². The molecule has 0 atom stereocenters. The Balaban J connectivity index is 1.72. The van der Waals surface area contributed by atoms with Gasteiger partial charge < -0.3 is 10.6 Å². The van der Waals surface area contributed by atoms with Crippen LogP contribution in [-0.2, 0) is 31.6 Å². The normalized spacial score (nSPS) is 11.0. The summed E-state index contributed by atoms with van der Waals surface area (Å²) in [5.41, 5.74) is 1.71. The highest BCUT2D eigenvalue weighted by molar-refractivity contribution is 7.90. The summed E-state index contributed by atoms with van der Waals surface area (Å²) in [6, 6.07) is 15.2. The monoisotopic (exact) mass is 470 g/mol. The van der Waals surface area contributed by atoms with E-state index < -0.39 is 38.0 Å². The summed E-state index contributed by atoms with van der Waals surface area (Å²) in [5.74, 6) is -3.37. The molecule has 33 heavy (non-hydrogen) atoms. The number of nitrogens with one attached hydrogen (secondary N) is 2. The van der Waals surface area contributed by atoms with Gasteiger partial charge in [-0.2, -0.15) is 0 Å². The minimum Gasteiger partial charge on any atom is -0.326 e. The fourth-order valence-corrected chi connectivity index (χ4v) is 4.53. The summed E-state index contributed by atoms with van der Waals surface area (Å²) in [4.78, 5) is 23.5. The van der Waals surface area contributed by atoms with Crippen LogP contribution in [0.1, 0.15) is 11.1 Å². The van der Waals surface area contributed by atoms with Crippen molar-refractivity contribution in [2.45, 2.75) is 17.1 Å². The third-order valence-electron chi connectivity index (χ3n) is 4.61. The molecule has 170 valence electrons. The SMILES string of the molecule is C=CC(=O)Nc1ccccc1CC(=O)Nc1cccc(CS(=O)(=O)c2ccc(F)cc2F)c1. The summed E-state index contributed by atoms with van der Waals surface area (Å²) >= 11 is 0. The molecular formula is C24H20F2N2O4S. The lowest BCUT2D eigenvalue weighted by Crippen LogP contribution is -2.17. The Labute approximate surface area is 189 Å². The summed E-state index contributed by atoms with van der Waals surface area (Å²) in [7, 11) is -4.08. The lowest BCUT2D eigenvalue weighted by atomic mass is 10.1. The Bertz CT molecular complexity index is 1320. The number of halogens is 2. The zero-order valence-corrected chi connectivity index (χ0v) is 18.2. The number of para-hydroxylation sites is 1. The number of benzene rings is 3. The molecule has 0 unspecified atom stereocenters. The van der Waals surface area contributed by atoms with Crippen molar-refractivity contribution in [2.75, 3.05) is 10.6 Å². The largest absolute Gasteiger partial charge is 0.326 e. The van der Waals surface area contributed by atoms with Crippen molar-refractivity contribution in [2.24, 2.45) is 0 Å². The van der Waals surface area contributed by atoms with E-state index in [9.17, 15) is 26.8 Å². The van der Waals surface area contributed by atoms with Gasteiger partial charge in [-0.25, -0.2) is 17.2 Å². The van der Waals surface area contributed by atoms with Gasteiger partial charge in [-0.15, -0.1) is 0 Å². The Morgan fingerprint density at radius 3 is 2.42 bits per heavy atom. The molecule has 2 amide bonds. The number of hydrogen-bond acceptors (Lipinski definition) is 4. The van der Waals surface area contributed by atoms with Crippen molar-refractivity contribution >= 4 is 33.0 Å². The van der Waals surface area contributed by atoms with Gasteiger partial charge in [0.1, 0.15) is 16.5 Å². The van der Waals surface area contributed by atoms with Crippen molar-refractivity contribution in [1.82, 2.24) is 0 Å². The number of carbonyl (C=O) groups is 2. The molecule has 0 saturated heterocycles. The number of sulfone groups is 1. The fourth-order valence-electron chi connectivity index (χ4n) is 3.12. The van der Waals surface area contributed by atoms with Gasteiger partial charge >= 0.3 is 0 Å². The molecule has 2 N–H and O–H groups in total. The summed E-state index contributed by atoms with van der Waals surface area (Å²) in [6.07, 6.45) is 1.07. The second-order valence-corrected chi connectivity index (χ2v) is 9.07. The van der Waals surface area contributed by atoms with Crippen LogP contribution in [0, 0.1) is 11.6 Å². The molecule has 0 fully saturated rings. The van der Waals surface area contributed by atoms with Gasteiger partial charge in [0.05, 0.1) is 12.2 Å². The van der Waals surface area contributed by atoms with Crippen molar-refractivity contribution in [3.63, 3.8) is 0 Å². The Morgan fingerprint density at radius 1 is 0.939 bits per heavy atom. The maximum absolute atomic E-state index is 13.9. The topological polar surface area (TPSA) is 92.3 Å². The highest BCUT2D eigenvalue weighted by Gasteiger charge is 2.20. The average Bonchev–Trinajstić information content (AvgIpc) is 2.74. The van der Waals surface area contributed by atoms with Crippen LogP contribution in [0.2, 0.25) is 0 Å². The molecule has 0 heterocycles. The third kappa shape index (κ3) is 6.33. The van der Waals surface area contributed by atoms with Crippen LogP contribution in [0.25, 0.3) is 0 Å². The number of carbonyl (C=O) groups excluding carboxylic acids is 2. The quantitative estimate of drug-likeness (QED) is 0.380. The Kier molecular flexibility index (Phi) is 7.34. The second kappa shape index (κ2) is 10.2. The van der Waals surface area contributed by atoms with Crippen molar-refractivity contribution < 1.29 is 26.8 Å². The first-order chi connectivity index (χ1) is 15.7. The van der Waals surface area contributed by atoms with Crippen LogP contribution >= 0.6 is 0 Å². The molecular weight excluding hydrogens is 450 g/mol. The van der Waals surface area contributed by atoms with Crippen LogP contribution in [0.4, 0.5) is 20.2 Å². The molecule has 0 saturated carbocycles. The first-order valence-electron chi connectivity index (χ1n) is 9.76. The molecule has 0 radical (unpaired) electrons. The third-order valence-corrected chi connectivity index (χ3v) is 6.32. The van der Waals surface area contributed by atoms with Gasteiger partial charge in [-0.05, 0) is 47.5 Å². The van der Waals surface area contributed by atoms with Gasteiger partial charge in [0, 0.05) is 17.4 Å². The minimum absolute atomic E-state index is 0.0447. The van der Waals surface area contributed by atoms with E-state index in [2.05, 4.69) is 17.2 Å². The van der Waals surface area contributed by atoms with Crippen LogP contribution in [-0.4, -0.2) is 20.2 Å². The van der Waals surface area contributed by atoms with Gasteiger partial charge in [0.15, 0.2) is 9.84 Å². The fraction of sp³-hybridized carbons (Fsp3) is 0.0833. The molecule has 9 heteroatoms. The van der Waals surface area contributed by atoms with E-state index in [1.165, 1.54) is 12.1 Å². The first kappa shape index (κ1) is 23.8. The van der Waals surface area contributed by atoms with Crippen LogP contribution in [0.3, 0.4) is 0 Å². The van der Waals surface area contributed by atoms with E-state index in [4.69, 9.17) is 0 Å². The molecule has 6 nitrogen and oxygen atoms in total. The zero-order chi connectivity index (χ0) is 24.0. The molecule has 0 aliphatic heterocycles. The predicted molar refractivity (Wildman–Crippen MR) is 121 cm³/mol. The highest BCUT2D eigenvalue weighted by Crippen LogP contribution is 2.22. The highest BCUT2D eigenvalue weighted by atomic mass is 32.2. The molecule has 0 bridgehead atoms. The Hall–Kier alpha value is -3.85. The van der Waals surface area contributed by atoms with Crippen LogP contribution in [0.15, 0.2) is 84.3 Å². The average molecular weight is 470 g/mol. The zero-order valence-electron chi connectivity index (χ0n) is 17.3. The van der Waals surface area contributed by atoms with Gasteiger partial charge in [-0.3, -0.25) is 9.59 Å². The maximum atomic E-state index is 13.9. The van der Waals surface area contributed by atoms with E-state index in [0.717, 1.165) is 18.2 Å². The molecule has 0 spiro atoms. The van der Waals surface area contributed by atoms with E-state index in [1.54, 1.807) is 36.4 Å². The summed E-state index contributed by atoms with van der Waals surface area (Å²) < 4.78 is 52.2. The maximum Gasteiger partial charge on any atom is 0.247 e. The molecule has 0 aliphatic rings. The van der Waals surface area contributed by atoms with E-state index >= 15 is 0 Å². The van der Waals surface area contributed by atoms with Gasteiger partial charge in [0.25, 0.3) is 0 Å². The Morgan fingerprint density at radius 2 is 1.70 bits per heavy atom. The van der Waals surface area contributed by atoms with Crippen molar-refractivity contribution in [1.29, 1.82) is 0 Å². The van der Waals surface area contributed by atoms with E-state index in [-0.39, 0.29) is 12.3 Å². The molecule has 3 aromatic rings. The minimum atomic E-state index is -4.08. The molecule has 0 aliphatic carbocycles. The van der Waals surface area contributed by atoms with Crippen LogP contribution < -0.4 is 10.6 Å². The standard InChI is InChI=1S/C24H20F2N2O4S/c1-2-23(29)28-21-9-4-3-7-17(21)13-24(30)27-19-8-5-6-16(12-19)15-33(31,32)22-11-10-18(25)14-20(22)26/h2-12,14H,1,13,15H2,(H,27,30)(H,28,29). The lowest BCUT2D eigenvalue weighted by molar-refractivity contribution is -0.115. The van der Waals surface area contributed by atoms with E-state index in [0.29, 0.717) is 28.6 Å². The second-order valence-electron chi connectivity index (χ2n) is 7.11. The summed E-state index contributed by atoms with van der Waals surface area (Å²) in [5, 5.41) is 5.31. The number of anilines is 2. The lowest BCUT2D eigenvalue weighted by Gasteiger charge is -2.11. The van der Waals surface area contributed by atoms with Gasteiger partial charge in [0.2, 0.25) is 11.8 Å². The number of hydrogen-bond donors (Lipinski definition) is 2. The summed E-state index contributed by atoms with van der Waals surface area (Å²) in [6.45, 7) is 3.39. The first-order valence-corrected chi connectivity index (χ1v) is 11.4. The van der Waals surface area contributed by atoms with Gasteiger partial charge in [-0.1, -0.05) is 36.9 Å². The smallest absolute Gasteiger partial charge is 0.247 e. The number of amides is 2. The van der Waals surface area contributed by atoms with Crippen molar-refractivity contribution in [3.8, 4) is 0 Å². The molecule has 3 aromatic carbocycles. The van der Waals surface area contributed by atoms with E-state index in [1.807, 2.05) is 0 Å². The molecule has 3 rings (SSSR count). The number of rotatable bonds is 8.